The Morgan fingerprint density at radius 2 is 2.38 bits per heavy atom. The van der Waals surface area contributed by atoms with Crippen molar-refractivity contribution in [3.8, 4) is 0 Å². The van der Waals surface area contributed by atoms with Crippen LogP contribution in [0.25, 0.3) is 11.0 Å². The van der Waals surface area contributed by atoms with E-state index in [9.17, 15) is 4.79 Å². The average molecular weight is 219 g/mol. The smallest absolute Gasteiger partial charge is 0.305 e. The summed E-state index contributed by atoms with van der Waals surface area (Å²) in [5.41, 5.74) is 8.42. The van der Waals surface area contributed by atoms with Crippen LogP contribution in [0.4, 0.5) is 0 Å². The van der Waals surface area contributed by atoms with Gasteiger partial charge in [-0.3, -0.25) is 4.79 Å². The van der Waals surface area contributed by atoms with Gasteiger partial charge in [0.15, 0.2) is 0 Å². The predicted octanol–water partition coefficient (Wildman–Crippen LogP) is 1.05. The maximum atomic E-state index is 10.6. The van der Waals surface area contributed by atoms with Crippen molar-refractivity contribution in [3.05, 3.63) is 30.1 Å². The van der Waals surface area contributed by atoms with Crippen molar-refractivity contribution in [2.24, 2.45) is 12.8 Å². The van der Waals surface area contributed by atoms with Crippen molar-refractivity contribution in [3.63, 3.8) is 0 Å². The van der Waals surface area contributed by atoms with E-state index in [1.807, 2.05) is 29.8 Å². The molecule has 3 N–H and O–H groups in total. The molecule has 84 valence electrons. The van der Waals surface area contributed by atoms with Gasteiger partial charge in [0.1, 0.15) is 0 Å². The van der Waals surface area contributed by atoms with Crippen LogP contribution in [0.1, 0.15) is 18.0 Å². The number of hydrogen-bond acceptors (Lipinski definition) is 3. The summed E-state index contributed by atoms with van der Waals surface area (Å²) < 4.78 is 1.90. The SMILES string of the molecule is Cn1cnc2cc(C(N)CC(=O)O)ccc21. The van der Waals surface area contributed by atoms with Gasteiger partial charge in [-0.25, -0.2) is 4.98 Å². The highest BCUT2D eigenvalue weighted by Crippen LogP contribution is 2.19. The number of carboxylic acid groups (broad SMARTS) is 1. The number of nitrogens with zero attached hydrogens (tertiary/aromatic N) is 2. The summed E-state index contributed by atoms with van der Waals surface area (Å²) in [6, 6.07) is 5.10. The Morgan fingerprint density at radius 3 is 3.06 bits per heavy atom. The Balaban J connectivity index is 2.35. The van der Waals surface area contributed by atoms with E-state index in [1.54, 1.807) is 6.33 Å². The zero-order valence-electron chi connectivity index (χ0n) is 8.92. The van der Waals surface area contributed by atoms with E-state index in [0.717, 1.165) is 16.6 Å². The highest BCUT2D eigenvalue weighted by molar-refractivity contribution is 5.76. The Kier molecular flexibility index (Phi) is 2.62. The molecule has 0 spiro atoms. The number of fused-ring (bicyclic) bond motifs is 1. The molecule has 0 aliphatic rings. The molecule has 1 aromatic heterocycles. The third-order valence-corrected chi connectivity index (χ3v) is 2.57. The molecule has 16 heavy (non-hydrogen) atoms. The van der Waals surface area contributed by atoms with E-state index in [2.05, 4.69) is 4.98 Å². The molecule has 2 rings (SSSR count). The quantitative estimate of drug-likeness (QED) is 0.808. The monoisotopic (exact) mass is 219 g/mol. The van der Waals surface area contributed by atoms with Crippen LogP contribution in [0, 0.1) is 0 Å². The van der Waals surface area contributed by atoms with Gasteiger partial charge in [-0.2, -0.15) is 0 Å². The largest absolute Gasteiger partial charge is 0.481 e. The highest BCUT2D eigenvalue weighted by atomic mass is 16.4. The molecule has 0 saturated heterocycles. The van der Waals surface area contributed by atoms with E-state index in [-0.39, 0.29) is 6.42 Å². The van der Waals surface area contributed by atoms with Crippen LogP contribution in [0.5, 0.6) is 0 Å². The van der Waals surface area contributed by atoms with Crippen molar-refractivity contribution in [2.75, 3.05) is 0 Å². The number of imidazole rings is 1. The molecule has 2 aromatic rings. The normalized spacial score (nSPS) is 12.9. The fourth-order valence-electron chi connectivity index (χ4n) is 1.69. The number of hydrogen-bond donors (Lipinski definition) is 2. The first-order chi connectivity index (χ1) is 7.58. The summed E-state index contributed by atoms with van der Waals surface area (Å²) in [4.78, 5) is 14.8. The van der Waals surface area contributed by atoms with Crippen LogP contribution in [0.15, 0.2) is 24.5 Å². The molecule has 1 unspecified atom stereocenters. The molecule has 0 fully saturated rings. The second-order valence-electron chi connectivity index (χ2n) is 3.81. The summed E-state index contributed by atoms with van der Waals surface area (Å²) in [7, 11) is 1.91. The average Bonchev–Trinajstić information content (AvgIpc) is 2.59. The van der Waals surface area contributed by atoms with Crippen LogP contribution >= 0.6 is 0 Å². The molecular formula is C11H13N3O2. The van der Waals surface area contributed by atoms with Gasteiger partial charge in [0, 0.05) is 13.1 Å². The zero-order valence-corrected chi connectivity index (χ0v) is 8.92. The van der Waals surface area contributed by atoms with Gasteiger partial charge in [0.25, 0.3) is 0 Å². The maximum absolute atomic E-state index is 10.6. The van der Waals surface area contributed by atoms with Crippen molar-refractivity contribution in [1.29, 1.82) is 0 Å². The van der Waals surface area contributed by atoms with Gasteiger partial charge in [-0.1, -0.05) is 6.07 Å². The fraction of sp³-hybridized carbons (Fsp3) is 0.273. The lowest BCUT2D eigenvalue weighted by molar-refractivity contribution is -0.137. The molecule has 5 nitrogen and oxygen atoms in total. The number of carboxylic acids is 1. The fourth-order valence-corrected chi connectivity index (χ4v) is 1.69. The van der Waals surface area contributed by atoms with Crippen LogP contribution in [-0.4, -0.2) is 20.6 Å². The first-order valence-electron chi connectivity index (χ1n) is 4.96. The minimum atomic E-state index is -0.895. The molecule has 0 amide bonds. The molecule has 0 aliphatic heterocycles. The van der Waals surface area contributed by atoms with E-state index < -0.39 is 12.0 Å². The first kappa shape index (κ1) is 10.6. The standard InChI is InChI=1S/C11H13N3O2/c1-14-6-13-9-4-7(2-3-10(9)14)8(12)5-11(15)16/h2-4,6,8H,5,12H2,1H3,(H,15,16). The summed E-state index contributed by atoms with van der Waals surface area (Å²) in [5.74, 6) is -0.895. The molecule has 0 bridgehead atoms. The lowest BCUT2D eigenvalue weighted by Gasteiger charge is -2.09. The molecule has 1 heterocycles. The second-order valence-corrected chi connectivity index (χ2v) is 3.81. The zero-order chi connectivity index (χ0) is 11.7. The molecule has 0 radical (unpaired) electrons. The highest BCUT2D eigenvalue weighted by Gasteiger charge is 2.11. The molecular weight excluding hydrogens is 206 g/mol. The van der Waals surface area contributed by atoms with E-state index in [1.165, 1.54) is 0 Å². The predicted molar refractivity (Wildman–Crippen MR) is 59.9 cm³/mol. The number of aliphatic carboxylic acids is 1. The van der Waals surface area contributed by atoms with Gasteiger partial charge in [-0.05, 0) is 17.7 Å². The van der Waals surface area contributed by atoms with Crippen LogP contribution in [0.3, 0.4) is 0 Å². The molecule has 1 aromatic carbocycles. The molecule has 0 saturated carbocycles. The minimum Gasteiger partial charge on any atom is -0.481 e. The Bertz CT molecular complexity index is 533. The van der Waals surface area contributed by atoms with Crippen LogP contribution < -0.4 is 5.73 Å². The number of benzene rings is 1. The van der Waals surface area contributed by atoms with Crippen LogP contribution in [-0.2, 0) is 11.8 Å². The third kappa shape index (κ3) is 1.90. The number of aryl methyl sites for hydroxylation is 1. The van der Waals surface area contributed by atoms with Gasteiger partial charge in [-0.15, -0.1) is 0 Å². The van der Waals surface area contributed by atoms with Crippen LogP contribution in [0.2, 0.25) is 0 Å². The summed E-state index contributed by atoms with van der Waals surface area (Å²) in [6.07, 6.45) is 1.65. The second kappa shape index (κ2) is 3.94. The number of aromatic nitrogens is 2. The number of nitrogens with two attached hydrogens (primary N) is 1. The van der Waals surface area contributed by atoms with Gasteiger partial charge < -0.3 is 15.4 Å². The Labute approximate surface area is 92.5 Å². The van der Waals surface area contributed by atoms with Crippen molar-refractivity contribution in [1.82, 2.24) is 9.55 Å². The third-order valence-electron chi connectivity index (χ3n) is 2.57. The molecule has 1 atom stereocenters. The summed E-state index contributed by atoms with van der Waals surface area (Å²) in [5, 5.41) is 8.66. The molecule has 5 heteroatoms. The minimum absolute atomic E-state index is 0.0711. The summed E-state index contributed by atoms with van der Waals surface area (Å²) >= 11 is 0. The van der Waals surface area contributed by atoms with E-state index >= 15 is 0 Å². The Morgan fingerprint density at radius 1 is 1.62 bits per heavy atom. The van der Waals surface area contributed by atoms with Crippen molar-refractivity contribution in [2.45, 2.75) is 12.5 Å². The Hall–Kier alpha value is -1.88. The number of carbonyl (C=O) groups is 1. The van der Waals surface area contributed by atoms with E-state index in [0.29, 0.717) is 0 Å². The lowest BCUT2D eigenvalue weighted by Crippen LogP contribution is -2.14. The first-order valence-corrected chi connectivity index (χ1v) is 4.96. The van der Waals surface area contributed by atoms with Gasteiger partial charge >= 0.3 is 5.97 Å². The topological polar surface area (TPSA) is 81.1 Å². The number of rotatable bonds is 3. The van der Waals surface area contributed by atoms with Crippen molar-refractivity contribution < 1.29 is 9.90 Å². The summed E-state index contributed by atoms with van der Waals surface area (Å²) in [6.45, 7) is 0. The lowest BCUT2D eigenvalue weighted by atomic mass is 10.0. The van der Waals surface area contributed by atoms with Gasteiger partial charge in [0.05, 0.1) is 23.8 Å². The van der Waals surface area contributed by atoms with E-state index in [4.69, 9.17) is 10.8 Å². The van der Waals surface area contributed by atoms with Crippen molar-refractivity contribution >= 4 is 17.0 Å². The molecule has 0 aliphatic carbocycles. The maximum Gasteiger partial charge on any atom is 0.305 e. The van der Waals surface area contributed by atoms with Gasteiger partial charge in [0.2, 0.25) is 0 Å².